The molecule has 2 amide bonds. The lowest BCUT2D eigenvalue weighted by Crippen LogP contribution is -2.37. The molecule has 3 atom stereocenters. The lowest BCUT2D eigenvalue weighted by molar-refractivity contribution is -0.126. The van der Waals surface area contributed by atoms with Gasteiger partial charge in [0.25, 0.3) is 5.91 Å². The monoisotopic (exact) mass is 448 g/mol. The van der Waals surface area contributed by atoms with Gasteiger partial charge in [-0.15, -0.1) is 0 Å². The molecule has 6 nitrogen and oxygen atoms in total. The van der Waals surface area contributed by atoms with E-state index in [0.717, 1.165) is 11.3 Å². The highest BCUT2D eigenvalue weighted by Gasteiger charge is 2.60. The summed E-state index contributed by atoms with van der Waals surface area (Å²) in [5.74, 6) is -0.750. The lowest BCUT2D eigenvalue weighted by atomic mass is 9.90. The van der Waals surface area contributed by atoms with Crippen molar-refractivity contribution in [1.82, 2.24) is 0 Å². The van der Waals surface area contributed by atoms with Crippen molar-refractivity contribution in [2.45, 2.75) is 19.1 Å². The number of carbonyl (C=O) groups excluding carboxylic acids is 2. The molecular formula is C25H21ClN2O4. The fourth-order valence-corrected chi connectivity index (χ4v) is 4.62. The molecule has 2 fully saturated rings. The Morgan fingerprint density at radius 3 is 2.44 bits per heavy atom. The third kappa shape index (κ3) is 3.15. The zero-order chi connectivity index (χ0) is 22.4. The number of carbonyl (C=O) groups is 2. The fraction of sp³-hybridized carbons (Fsp3) is 0.200. The molecule has 2 aliphatic rings. The highest BCUT2D eigenvalue weighted by Crippen LogP contribution is 2.48. The van der Waals surface area contributed by atoms with Crippen LogP contribution in [-0.4, -0.2) is 25.0 Å². The molecule has 0 saturated carbocycles. The van der Waals surface area contributed by atoms with Gasteiger partial charge in [-0.2, -0.15) is 0 Å². The number of amides is 2. The minimum absolute atomic E-state index is 0.309. The average Bonchev–Trinajstić information content (AvgIpc) is 3.33. The number of hydroxylamine groups is 1. The average molecular weight is 449 g/mol. The number of ether oxygens (including phenoxy) is 1. The smallest absolute Gasteiger partial charge is 0.266 e. The Morgan fingerprint density at radius 2 is 1.69 bits per heavy atom. The van der Waals surface area contributed by atoms with E-state index in [4.69, 9.17) is 21.2 Å². The van der Waals surface area contributed by atoms with E-state index in [9.17, 15) is 9.59 Å². The van der Waals surface area contributed by atoms with Crippen molar-refractivity contribution in [2.24, 2.45) is 5.92 Å². The Kier molecular flexibility index (Phi) is 5.12. The molecule has 0 aliphatic carbocycles. The zero-order valence-corrected chi connectivity index (χ0v) is 18.3. The van der Waals surface area contributed by atoms with Gasteiger partial charge in [0.05, 0.1) is 24.5 Å². The molecular weight excluding hydrogens is 428 g/mol. The van der Waals surface area contributed by atoms with Crippen LogP contribution in [0.2, 0.25) is 5.02 Å². The molecule has 0 bridgehead atoms. The van der Waals surface area contributed by atoms with E-state index in [1.807, 2.05) is 54.6 Å². The second kappa shape index (κ2) is 7.97. The number of hydrogen-bond donors (Lipinski definition) is 0. The van der Waals surface area contributed by atoms with Crippen molar-refractivity contribution in [3.63, 3.8) is 0 Å². The maximum atomic E-state index is 13.7. The maximum absolute atomic E-state index is 13.7. The van der Waals surface area contributed by atoms with Crippen molar-refractivity contribution in [3.05, 3.63) is 88.9 Å². The van der Waals surface area contributed by atoms with E-state index < -0.39 is 24.0 Å². The van der Waals surface area contributed by atoms with Crippen LogP contribution >= 0.6 is 11.6 Å². The molecule has 0 unspecified atom stereocenters. The van der Waals surface area contributed by atoms with Crippen LogP contribution in [0, 0.1) is 12.8 Å². The van der Waals surface area contributed by atoms with Gasteiger partial charge in [0.2, 0.25) is 5.91 Å². The van der Waals surface area contributed by atoms with E-state index in [2.05, 4.69) is 0 Å². The number of rotatable bonds is 4. The number of nitrogens with zero attached hydrogens (tertiary/aromatic N) is 2. The number of benzene rings is 3. The van der Waals surface area contributed by atoms with Crippen molar-refractivity contribution in [2.75, 3.05) is 17.1 Å². The molecule has 7 heteroatoms. The number of anilines is 2. The van der Waals surface area contributed by atoms with Crippen LogP contribution in [-0.2, 0) is 14.4 Å². The minimum atomic E-state index is -0.933. The fourth-order valence-electron chi connectivity index (χ4n) is 4.45. The summed E-state index contributed by atoms with van der Waals surface area (Å²) in [6, 6.07) is 21.7. The van der Waals surface area contributed by atoms with Crippen LogP contribution in [0.4, 0.5) is 11.4 Å². The lowest BCUT2D eigenvalue weighted by Gasteiger charge is -2.29. The minimum Gasteiger partial charge on any atom is -0.497 e. The van der Waals surface area contributed by atoms with E-state index >= 15 is 0 Å². The van der Waals surface area contributed by atoms with Gasteiger partial charge in [0.1, 0.15) is 11.7 Å². The van der Waals surface area contributed by atoms with Gasteiger partial charge in [0, 0.05) is 5.02 Å². The van der Waals surface area contributed by atoms with Crippen LogP contribution in [0.5, 0.6) is 5.75 Å². The number of hydrogen-bond acceptors (Lipinski definition) is 5. The molecule has 0 radical (unpaired) electrons. The van der Waals surface area contributed by atoms with Crippen molar-refractivity contribution >= 4 is 34.8 Å². The van der Waals surface area contributed by atoms with Crippen LogP contribution < -0.4 is 14.7 Å². The third-order valence-electron chi connectivity index (χ3n) is 6.04. The second-order valence-corrected chi connectivity index (χ2v) is 8.24. The summed E-state index contributed by atoms with van der Waals surface area (Å²) in [5.41, 5.74) is 2.75. The zero-order valence-electron chi connectivity index (χ0n) is 17.6. The van der Waals surface area contributed by atoms with E-state index in [1.54, 1.807) is 37.3 Å². The van der Waals surface area contributed by atoms with Gasteiger partial charge in [-0.25, -0.2) is 9.96 Å². The summed E-state index contributed by atoms with van der Waals surface area (Å²) >= 11 is 6.27. The molecule has 0 N–H and O–H groups in total. The normalized spacial score (nSPS) is 22.4. The van der Waals surface area contributed by atoms with Crippen molar-refractivity contribution in [1.29, 1.82) is 0 Å². The molecule has 32 heavy (non-hydrogen) atoms. The largest absolute Gasteiger partial charge is 0.497 e. The third-order valence-corrected chi connectivity index (χ3v) is 6.45. The van der Waals surface area contributed by atoms with Crippen molar-refractivity contribution < 1.29 is 19.2 Å². The first-order valence-electron chi connectivity index (χ1n) is 10.3. The molecule has 3 aromatic rings. The molecule has 2 heterocycles. The molecule has 0 spiro atoms. The molecule has 162 valence electrons. The Labute approximate surface area is 190 Å². The van der Waals surface area contributed by atoms with Crippen molar-refractivity contribution in [3.8, 4) is 5.75 Å². The van der Waals surface area contributed by atoms with E-state index in [0.29, 0.717) is 22.0 Å². The summed E-state index contributed by atoms with van der Waals surface area (Å²) in [6.07, 6.45) is -0.933. The summed E-state index contributed by atoms with van der Waals surface area (Å²) in [4.78, 5) is 34.5. The summed E-state index contributed by atoms with van der Waals surface area (Å²) in [7, 11) is 1.59. The van der Waals surface area contributed by atoms with Gasteiger partial charge in [-0.1, -0.05) is 48.0 Å². The SMILES string of the molecule is COc1cccc([C@H]2[C@H]3C(=O)N(c4cccc(Cl)c4C)C(=O)[C@H]3ON2c2ccccc2)c1. The van der Waals surface area contributed by atoms with Gasteiger partial charge in [0.15, 0.2) is 6.10 Å². The highest BCUT2D eigenvalue weighted by molar-refractivity contribution is 6.32. The first-order valence-corrected chi connectivity index (χ1v) is 10.7. The van der Waals surface area contributed by atoms with E-state index in [-0.39, 0.29) is 5.91 Å². The number of methoxy groups -OCH3 is 1. The van der Waals surface area contributed by atoms with Gasteiger partial charge >= 0.3 is 0 Å². The standard InChI is InChI=1S/C25H21ClN2O4/c1-15-19(26)12-7-13-20(15)27-24(29)21-22(16-8-6-11-18(14-16)31-2)28(32-23(21)25(27)30)17-9-4-3-5-10-17/h3-14,21-23H,1-2H3/t21-,22+,23+/m1/s1. The number of fused-ring (bicyclic) bond motifs is 1. The van der Waals surface area contributed by atoms with Crippen LogP contribution in [0.1, 0.15) is 17.2 Å². The first kappa shape index (κ1) is 20.5. The van der Waals surface area contributed by atoms with Crippen LogP contribution in [0.3, 0.4) is 0 Å². The number of halogens is 1. The quantitative estimate of drug-likeness (QED) is 0.541. The van der Waals surface area contributed by atoms with Gasteiger partial charge < -0.3 is 4.74 Å². The predicted molar refractivity (Wildman–Crippen MR) is 122 cm³/mol. The Balaban J connectivity index is 1.61. The second-order valence-electron chi connectivity index (χ2n) is 7.83. The summed E-state index contributed by atoms with van der Waals surface area (Å²) in [5, 5.41) is 2.17. The summed E-state index contributed by atoms with van der Waals surface area (Å²) in [6.45, 7) is 1.79. The number of para-hydroxylation sites is 1. The molecule has 0 aromatic heterocycles. The van der Waals surface area contributed by atoms with E-state index in [1.165, 1.54) is 4.90 Å². The number of imide groups is 1. The Bertz CT molecular complexity index is 1200. The molecule has 2 aliphatic heterocycles. The van der Waals surface area contributed by atoms with Crippen LogP contribution in [0.25, 0.3) is 0 Å². The predicted octanol–water partition coefficient (Wildman–Crippen LogP) is 4.71. The van der Waals surface area contributed by atoms with Crippen LogP contribution in [0.15, 0.2) is 72.8 Å². The Hall–Kier alpha value is -3.35. The molecule has 5 rings (SSSR count). The Morgan fingerprint density at radius 1 is 0.938 bits per heavy atom. The molecule has 3 aromatic carbocycles. The molecule has 2 saturated heterocycles. The maximum Gasteiger partial charge on any atom is 0.266 e. The van der Waals surface area contributed by atoms with Gasteiger partial charge in [-0.05, 0) is 54.4 Å². The summed E-state index contributed by atoms with van der Waals surface area (Å²) < 4.78 is 5.40. The first-order chi connectivity index (χ1) is 15.5. The topological polar surface area (TPSA) is 59.1 Å². The van der Waals surface area contributed by atoms with Gasteiger partial charge in [-0.3, -0.25) is 14.4 Å². The highest BCUT2D eigenvalue weighted by atomic mass is 35.5.